The quantitative estimate of drug-likeness (QED) is 0.897. The van der Waals surface area contributed by atoms with Gasteiger partial charge in [-0.05, 0) is 45.0 Å². The van der Waals surface area contributed by atoms with Crippen molar-refractivity contribution < 1.29 is 9.53 Å². The normalized spacial score (nSPS) is 17.8. The number of nitrogens with zero attached hydrogens (tertiary/aromatic N) is 1. The third-order valence-corrected chi connectivity index (χ3v) is 3.61. The zero-order valence-electron chi connectivity index (χ0n) is 11.6. The number of piperidine rings is 1. The van der Waals surface area contributed by atoms with Crippen LogP contribution in [0, 0.1) is 0 Å². The molecule has 4 nitrogen and oxygen atoms in total. The lowest BCUT2D eigenvalue weighted by atomic mass is 10.0. The maximum absolute atomic E-state index is 12.3. The summed E-state index contributed by atoms with van der Waals surface area (Å²) in [5, 5.41) is 3.31. The van der Waals surface area contributed by atoms with Gasteiger partial charge in [-0.15, -0.1) is 0 Å². The predicted molar refractivity (Wildman–Crippen MR) is 75.2 cm³/mol. The molecule has 1 aliphatic heterocycles. The number of ether oxygens (including phenoxy) is 1. The van der Waals surface area contributed by atoms with Crippen LogP contribution in [0.15, 0.2) is 30.3 Å². The van der Waals surface area contributed by atoms with E-state index in [-0.39, 0.29) is 5.91 Å². The summed E-state index contributed by atoms with van der Waals surface area (Å²) in [7, 11) is 1.88. The third kappa shape index (κ3) is 3.70. The molecule has 0 bridgehead atoms. The Hall–Kier alpha value is -1.55. The summed E-state index contributed by atoms with van der Waals surface area (Å²) in [6.07, 6.45) is 1.59. The van der Waals surface area contributed by atoms with Crippen molar-refractivity contribution >= 4 is 5.91 Å². The number of para-hydroxylation sites is 1. The Labute approximate surface area is 114 Å². The standard InChI is InChI=1S/C15H22N2O2/c1-12(19-14-6-4-3-5-7-14)15(18)17(2)13-8-10-16-11-9-13/h3-7,12-13,16H,8-11H2,1-2H3. The molecule has 104 valence electrons. The largest absolute Gasteiger partial charge is 0.481 e. The molecular weight excluding hydrogens is 240 g/mol. The van der Waals surface area contributed by atoms with Crippen LogP contribution in [0.25, 0.3) is 0 Å². The van der Waals surface area contributed by atoms with Crippen molar-refractivity contribution in [1.82, 2.24) is 10.2 Å². The molecule has 2 rings (SSSR count). The van der Waals surface area contributed by atoms with Crippen LogP contribution in [0.4, 0.5) is 0 Å². The average Bonchev–Trinajstić information content (AvgIpc) is 2.47. The van der Waals surface area contributed by atoms with Crippen molar-refractivity contribution in [2.45, 2.75) is 31.9 Å². The third-order valence-electron chi connectivity index (χ3n) is 3.61. The SMILES string of the molecule is CC(Oc1ccccc1)C(=O)N(C)C1CCNCC1. The number of carbonyl (C=O) groups excluding carboxylic acids is 1. The minimum Gasteiger partial charge on any atom is -0.481 e. The van der Waals surface area contributed by atoms with Crippen LogP contribution in [0.3, 0.4) is 0 Å². The molecule has 1 unspecified atom stereocenters. The first-order chi connectivity index (χ1) is 9.18. The van der Waals surface area contributed by atoms with Crippen molar-refractivity contribution in [3.05, 3.63) is 30.3 Å². The molecule has 1 aromatic carbocycles. The fourth-order valence-corrected chi connectivity index (χ4v) is 2.41. The smallest absolute Gasteiger partial charge is 0.263 e. The second-order valence-corrected chi connectivity index (χ2v) is 5.00. The van der Waals surface area contributed by atoms with E-state index in [1.54, 1.807) is 0 Å². The van der Waals surface area contributed by atoms with Crippen LogP contribution >= 0.6 is 0 Å². The lowest BCUT2D eigenvalue weighted by Gasteiger charge is -2.33. The summed E-state index contributed by atoms with van der Waals surface area (Å²) >= 11 is 0. The molecule has 1 heterocycles. The molecule has 1 atom stereocenters. The van der Waals surface area contributed by atoms with Crippen molar-refractivity contribution in [1.29, 1.82) is 0 Å². The second-order valence-electron chi connectivity index (χ2n) is 5.00. The van der Waals surface area contributed by atoms with E-state index in [2.05, 4.69) is 5.32 Å². The molecule has 1 N–H and O–H groups in total. The van der Waals surface area contributed by atoms with Crippen molar-refractivity contribution in [2.75, 3.05) is 20.1 Å². The van der Waals surface area contributed by atoms with Crippen molar-refractivity contribution in [2.24, 2.45) is 0 Å². The number of hydrogen-bond acceptors (Lipinski definition) is 3. The lowest BCUT2D eigenvalue weighted by Crippen LogP contribution is -2.48. The first-order valence-corrected chi connectivity index (χ1v) is 6.87. The maximum atomic E-state index is 12.3. The van der Waals surface area contributed by atoms with E-state index < -0.39 is 6.10 Å². The van der Waals surface area contributed by atoms with Gasteiger partial charge in [-0.1, -0.05) is 18.2 Å². The Morgan fingerprint density at radius 3 is 2.58 bits per heavy atom. The summed E-state index contributed by atoms with van der Waals surface area (Å²) in [5.74, 6) is 0.790. The minimum atomic E-state index is -0.442. The molecule has 0 aromatic heterocycles. The van der Waals surface area contributed by atoms with Gasteiger partial charge >= 0.3 is 0 Å². The number of nitrogens with one attached hydrogen (secondary N) is 1. The highest BCUT2D eigenvalue weighted by Crippen LogP contribution is 2.15. The Kier molecular flexibility index (Phi) is 4.80. The van der Waals surface area contributed by atoms with E-state index in [1.807, 2.05) is 49.2 Å². The Bertz CT molecular complexity index is 402. The topological polar surface area (TPSA) is 41.6 Å². The maximum Gasteiger partial charge on any atom is 0.263 e. The number of benzene rings is 1. The highest BCUT2D eigenvalue weighted by molar-refractivity contribution is 5.81. The van der Waals surface area contributed by atoms with E-state index in [0.717, 1.165) is 31.7 Å². The van der Waals surface area contributed by atoms with Crippen LogP contribution in [0.1, 0.15) is 19.8 Å². The first kappa shape index (κ1) is 13.9. The molecule has 1 aromatic rings. The molecule has 1 amide bonds. The van der Waals surface area contributed by atoms with Gasteiger partial charge in [-0.3, -0.25) is 4.79 Å². The fraction of sp³-hybridized carbons (Fsp3) is 0.533. The molecule has 0 radical (unpaired) electrons. The van der Waals surface area contributed by atoms with Gasteiger partial charge in [0.15, 0.2) is 6.10 Å². The van der Waals surface area contributed by atoms with Gasteiger partial charge in [0, 0.05) is 13.1 Å². The predicted octanol–water partition coefficient (Wildman–Crippen LogP) is 1.66. The van der Waals surface area contributed by atoms with Gasteiger partial charge < -0.3 is 15.0 Å². The fourth-order valence-electron chi connectivity index (χ4n) is 2.41. The summed E-state index contributed by atoms with van der Waals surface area (Å²) in [5.41, 5.74) is 0. The monoisotopic (exact) mass is 262 g/mol. The van der Waals surface area contributed by atoms with E-state index in [0.29, 0.717) is 6.04 Å². The number of hydrogen-bond donors (Lipinski definition) is 1. The molecule has 0 aliphatic carbocycles. The van der Waals surface area contributed by atoms with Gasteiger partial charge in [0.05, 0.1) is 0 Å². The molecule has 19 heavy (non-hydrogen) atoms. The number of rotatable bonds is 4. The van der Waals surface area contributed by atoms with Crippen molar-refractivity contribution in [3.63, 3.8) is 0 Å². The van der Waals surface area contributed by atoms with E-state index in [9.17, 15) is 4.79 Å². The summed E-state index contributed by atoms with van der Waals surface area (Å²) in [6.45, 7) is 3.78. The zero-order chi connectivity index (χ0) is 13.7. The van der Waals surface area contributed by atoms with E-state index in [1.165, 1.54) is 0 Å². The Morgan fingerprint density at radius 2 is 1.95 bits per heavy atom. The number of carbonyl (C=O) groups is 1. The van der Waals surface area contributed by atoms with Crippen LogP contribution in [-0.4, -0.2) is 43.1 Å². The molecule has 1 saturated heterocycles. The highest BCUT2D eigenvalue weighted by Gasteiger charge is 2.26. The molecule has 1 aliphatic rings. The minimum absolute atomic E-state index is 0.0516. The number of amides is 1. The average molecular weight is 262 g/mol. The summed E-state index contributed by atoms with van der Waals surface area (Å²) in [6, 6.07) is 9.81. The zero-order valence-corrected chi connectivity index (χ0v) is 11.6. The lowest BCUT2D eigenvalue weighted by molar-refractivity contribution is -0.139. The van der Waals surface area contributed by atoms with E-state index in [4.69, 9.17) is 4.74 Å². The van der Waals surface area contributed by atoms with Gasteiger partial charge in [0.25, 0.3) is 5.91 Å². The van der Waals surface area contributed by atoms with Gasteiger partial charge in [-0.25, -0.2) is 0 Å². The molecular formula is C15H22N2O2. The van der Waals surface area contributed by atoms with Crippen LogP contribution in [0.5, 0.6) is 5.75 Å². The van der Waals surface area contributed by atoms with Gasteiger partial charge in [-0.2, -0.15) is 0 Å². The van der Waals surface area contributed by atoms with Gasteiger partial charge in [0.2, 0.25) is 0 Å². The Morgan fingerprint density at radius 1 is 1.32 bits per heavy atom. The number of likely N-dealkylation sites (N-methyl/N-ethyl adjacent to an activating group) is 1. The summed E-state index contributed by atoms with van der Waals surface area (Å²) < 4.78 is 5.68. The van der Waals surface area contributed by atoms with Crippen LogP contribution in [0.2, 0.25) is 0 Å². The van der Waals surface area contributed by atoms with E-state index >= 15 is 0 Å². The Balaban J connectivity index is 1.90. The van der Waals surface area contributed by atoms with Crippen LogP contribution < -0.4 is 10.1 Å². The van der Waals surface area contributed by atoms with Crippen molar-refractivity contribution in [3.8, 4) is 5.75 Å². The molecule has 0 spiro atoms. The highest BCUT2D eigenvalue weighted by atomic mass is 16.5. The molecule has 0 saturated carbocycles. The first-order valence-electron chi connectivity index (χ1n) is 6.87. The molecule has 1 fully saturated rings. The van der Waals surface area contributed by atoms with Crippen LogP contribution in [-0.2, 0) is 4.79 Å². The second kappa shape index (κ2) is 6.57. The molecule has 4 heteroatoms. The summed E-state index contributed by atoms with van der Waals surface area (Å²) in [4.78, 5) is 14.2. The van der Waals surface area contributed by atoms with Gasteiger partial charge in [0.1, 0.15) is 5.75 Å².